The number of methoxy groups -OCH3 is 1. The third kappa shape index (κ3) is 5.38. The molecule has 2 N–H and O–H groups in total. The van der Waals surface area contributed by atoms with Gasteiger partial charge in [0.25, 0.3) is 5.91 Å². The zero-order chi connectivity index (χ0) is 24.2. The number of amides is 1. The highest BCUT2D eigenvalue weighted by Gasteiger charge is 2.14. The van der Waals surface area contributed by atoms with Gasteiger partial charge in [0, 0.05) is 17.1 Å². The molecule has 0 saturated carbocycles. The summed E-state index contributed by atoms with van der Waals surface area (Å²) in [7, 11) is 1.49. The Morgan fingerprint density at radius 3 is 2.59 bits per heavy atom. The number of nitrogens with one attached hydrogen (secondary N) is 2. The molecule has 0 saturated heterocycles. The molecule has 6 nitrogen and oxygen atoms in total. The minimum absolute atomic E-state index is 0.205. The molecule has 0 radical (unpaired) electrons. The van der Waals surface area contributed by atoms with Crippen LogP contribution in [0.5, 0.6) is 5.75 Å². The molecule has 4 aromatic rings. The maximum absolute atomic E-state index is 12.5. The number of carbonyl (C=O) groups is 1. The normalized spacial score (nSPS) is 11.0. The predicted molar refractivity (Wildman–Crippen MR) is 138 cm³/mol. The van der Waals surface area contributed by atoms with E-state index in [1.165, 1.54) is 18.7 Å². The van der Waals surface area contributed by atoms with E-state index in [-0.39, 0.29) is 5.11 Å². The summed E-state index contributed by atoms with van der Waals surface area (Å²) in [6, 6.07) is 18.7. The average molecular weight is 494 g/mol. The molecule has 8 heteroatoms. The van der Waals surface area contributed by atoms with Crippen LogP contribution in [-0.4, -0.2) is 23.1 Å². The summed E-state index contributed by atoms with van der Waals surface area (Å²) in [6.07, 6.45) is 0. The Bertz CT molecular complexity index is 1350. The van der Waals surface area contributed by atoms with E-state index in [0.29, 0.717) is 34.7 Å². The fourth-order valence-electron chi connectivity index (χ4n) is 3.45. The van der Waals surface area contributed by atoms with E-state index in [2.05, 4.69) is 41.6 Å². The van der Waals surface area contributed by atoms with Crippen LogP contribution in [0.15, 0.2) is 65.1 Å². The van der Waals surface area contributed by atoms with Gasteiger partial charge in [-0.05, 0) is 71.7 Å². The van der Waals surface area contributed by atoms with E-state index in [1.807, 2.05) is 30.3 Å². The van der Waals surface area contributed by atoms with Crippen molar-refractivity contribution in [2.24, 2.45) is 0 Å². The Kier molecular flexibility index (Phi) is 7.14. The standard InChI is InChI=1S/C26H24ClN3O3S/c1-15(2)18-8-10-23-21(12-18)29-25(33-23)17-6-4-16(5-7-17)14-28-26(34)30-24(31)20-13-19(27)9-11-22(20)32-3/h4-13,15H,14H2,1-3H3,(H2,28,30,31,34). The molecule has 1 amide bonds. The minimum Gasteiger partial charge on any atom is -0.496 e. The number of nitrogens with zero attached hydrogens (tertiary/aromatic N) is 1. The number of rotatable bonds is 6. The maximum Gasteiger partial charge on any atom is 0.261 e. The Morgan fingerprint density at radius 2 is 1.88 bits per heavy atom. The van der Waals surface area contributed by atoms with Crippen molar-refractivity contribution in [2.75, 3.05) is 7.11 Å². The van der Waals surface area contributed by atoms with Gasteiger partial charge in [-0.3, -0.25) is 10.1 Å². The summed E-state index contributed by atoms with van der Waals surface area (Å²) in [6.45, 7) is 4.75. The van der Waals surface area contributed by atoms with Gasteiger partial charge >= 0.3 is 0 Å². The fraction of sp³-hybridized carbons (Fsp3) is 0.192. The summed E-state index contributed by atoms with van der Waals surface area (Å²) in [4.78, 5) is 17.2. The molecule has 34 heavy (non-hydrogen) atoms. The summed E-state index contributed by atoms with van der Waals surface area (Å²) < 4.78 is 11.1. The molecule has 0 aliphatic carbocycles. The summed E-state index contributed by atoms with van der Waals surface area (Å²) >= 11 is 11.3. The number of hydrogen-bond donors (Lipinski definition) is 2. The van der Waals surface area contributed by atoms with Crippen molar-refractivity contribution in [3.8, 4) is 17.2 Å². The number of thiocarbonyl (C=S) groups is 1. The fourth-order valence-corrected chi connectivity index (χ4v) is 3.78. The number of aromatic nitrogens is 1. The van der Waals surface area contributed by atoms with E-state index >= 15 is 0 Å². The van der Waals surface area contributed by atoms with Gasteiger partial charge in [0.2, 0.25) is 5.89 Å². The molecule has 3 aromatic carbocycles. The highest BCUT2D eigenvalue weighted by Crippen LogP contribution is 2.27. The first-order valence-corrected chi connectivity index (χ1v) is 11.5. The first kappa shape index (κ1) is 23.7. The molecule has 4 rings (SSSR count). The number of benzene rings is 3. The third-order valence-corrected chi connectivity index (χ3v) is 5.85. The molecular formula is C26H24ClN3O3S. The smallest absolute Gasteiger partial charge is 0.261 e. The van der Waals surface area contributed by atoms with Crippen LogP contribution in [0.4, 0.5) is 0 Å². The third-order valence-electron chi connectivity index (χ3n) is 5.37. The second-order valence-electron chi connectivity index (χ2n) is 8.08. The molecule has 0 bridgehead atoms. The van der Waals surface area contributed by atoms with Gasteiger partial charge in [-0.2, -0.15) is 0 Å². The van der Waals surface area contributed by atoms with Crippen molar-refractivity contribution in [2.45, 2.75) is 26.3 Å². The molecule has 0 fully saturated rings. The molecule has 1 aromatic heterocycles. The van der Waals surface area contributed by atoms with Crippen LogP contribution in [-0.2, 0) is 6.54 Å². The van der Waals surface area contributed by atoms with Gasteiger partial charge in [0.15, 0.2) is 10.7 Å². The monoisotopic (exact) mass is 493 g/mol. The summed E-state index contributed by atoms with van der Waals surface area (Å²) in [5.74, 6) is 1.03. The summed E-state index contributed by atoms with van der Waals surface area (Å²) in [5.41, 5.74) is 5.02. The van der Waals surface area contributed by atoms with Crippen LogP contribution >= 0.6 is 23.8 Å². The van der Waals surface area contributed by atoms with E-state index in [0.717, 1.165) is 22.2 Å². The SMILES string of the molecule is COc1ccc(Cl)cc1C(=O)NC(=S)NCc1ccc(-c2nc3cc(C(C)C)ccc3o2)cc1. The van der Waals surface area contributed by atoms with Crippen LogP contribution in [0.3, 0.4) is 0 Å². The lowest BCUT2D eigenvalue weighted by Crippen LogP contribution is -2.39. The minimum atomic E-state index is -0.399. The summed E-state index contributed by atoms with van der Waals surface area (Å²) in [5, 5.41) is 6.33. The van der Waals surface area contributed by atoms with Gasteiger partial charge in [0.1, 0.15) is 11.3 Å². The van der Waals surface area contributed by atoms with Gasteiger partial charge in [-0.1, -0.05) is 43.6 Å². The first-order chi connectivity index (χ1) is 16.3. The van der Waals surface area contributed by atoms with Crippen molar-refractivity contribution in [3.63, 3.8) is 0 Å². The number of hydrogen-bond acceptors (Lipinski definition) is 5. The van der Waals surface area contributed by atoms with Crippen molar-refractivity contribution in [3.05, 3.63) is 82.4 Å². The van der Waals surface area contributed by atoms with Crippen LogP contribution < -0.4 is 15.4 Å². The predicted octanol–water partition coefficient (Wildman–Crippen LogP) is 6.08. The Morgan fingerprint density at radius 1 is 1.12 bits per heavy atom. The van der Waals surface area contributed by atoms with E-state index < -0.39 is 5.91 Å². The Hall–Kier alpha value is -3.42. The lowest BCUT2D eigenvalue weighted by molar-refractivity contribution is 0.0973. The second kappa shape index (κ2) is 10.2. The van der Waals surface area contributed by atoms with E-state index in [4.69, 9.17) is 33.0 Å². The van der Waals surface area contributed by atoms with Crippen molar-refractivity contribution in [1.82, 2.24) is 15.6 Å². The van der Waals surface area contributed by atoms with Crippen LogP contribution in [0, 0.1) is 0 Å². The molecular weight excluding hydrogens is 470 g/mol. The van der Waals surface area contributed by atoms with Crippen LogP contribution in [0.25, 0.3) is 22.6 Å². The highest BCUT2D eigenvalue weighted by atomic mass is 35.5. The molecule has 0 unspecified atom stereocenters. The Labute approximate surface area is 208 Å². The number of ether oxygens (including phenoxy) is 1. The molecule has 0 aliphatic heterocycles. The highest BCUT2D eigenvalue weighted by molar-refractivity contribution is 7.80. The van der Waals surface area contributed by atoms with Gasteiger partial charge in [-0.25, -0.2) is 4.98 Å². The van der Waals surface area contributed by atoms with E-state index in [9.17, 15) is 4.79 Å². The second-order valence-corrected chi connectivity index (χ2v) is 8.92. The topological polar surface area (TPSA) is 76.4 Å². The number of halogens is 1. The number of carbonyl (C=O) groups excluding carboxylic acids is 1. The molecule has 0 spiro atoms. The number of oxazole rings is 1. The lowest BCUT2D eigenvalue weighted by Gasteiger charge is -2.12. The Balaban J connectivity index is 1.38. The number of fused-ring (bicyclic) bond motifs is 1. The van der Waals surface area contributed by atoms with Gasteiger partial charge in [0.05, 0.1) is 12.7 Å². The maximum atomic E-state index is 12.5. The van der Waals surface area contributed by atoms with Gasteiger partial charge in [-0.15, -0.1) is 0 Å². The van der Waals surface area contributed by atoms with Crippen LogP contribution in [0.1, 0.15) is 41.3 Å². The first-order valence-electron chi connectivity index (χ1n) is 10.8. The van der Waals surface area contributed by atoms with Gasteiger partial charge < -0.3 is 14.5 Å². The van der Waals surface area contributed by atoms with Crippen molar-refractivity contribution in [1.29, 1.82) is 0 Å². The molecule has 174 valence electrons. The van der Waals surface area contributed by atoms with Crippen LogP contribution in [0.2, 0.25) is 5.02 Å². The largest absolute Gasteiger partial charge is 0.496 e. The van der Waals surface area contributed by atoms with E-state index in [1.54, 1.807) is 12.1 Å². The quantitative estimate of drug-likeness (QED) is 0.317. The van der Waals surface area contributed by atoms with Crippen molar-refractivity contribution < 1.29 is 13.9 Å². The zero-order valence-electron chi connectivity index (χ0n) is 19.0. The average Bonchev–Trinajstić information content (AvgIpc) is 3.26. The molecule has 0 aliphatic rings. The lowest BCUT2D eigenvalue weighted by atomic mass is 10.0. The molecule has 0 atom stereocenters. The van der Waals surface area contributed by atoms with Crippen molar-refractivity contribution >= 4 is 45.9 Å². The zero-order valence-corrected chi connectivity index (χ0v) is 20.6. The molecule has 1 heterocycles.